The fourth-order valence-corrected chi connectivity index (χ4v) is 2.62. The molecule has 0 aromatic rings. The second-order valence-corrected chi connectivity index (χ2v) is 6.03. The Labute approximate surface area is 155 Å². The van der Waals surface area contributed by atoms with Crippen LogP contribution in [0.4, 0.5) is 13.2 Å². The molecule has 0 saturated heterocycles. The highest BCUT2D eigenvalue weighted by Crippen LogP contribution is 2.23. The number of methoxy groups -OCH3 is 1. The molecule has 1 fully saturated rings. The molecule has 1 rings (SSSR count). The summed E-state index contributed by atoms with van der Waals surface area (Å²) < 4.78 is 47.9. The Morgan fingerprint density at radius 1 is 1.22 bits per heavy atom. The van der Waals surface area contributed by atoms with Crippen LogP contribution in [0.2, 0.25) is 0 Å². The second-order valence-electron chi connectivity index (χ2n) is 6.03. The fraction of sp³-hybridized carbons (Fsp3) is 0.667. The average Bonchev–Trinajstić information content (AvgIpc) is 2.58. The maximum atomic E-state index is 12.8. The molecule has 0 amide bonds. The molecule has 0 radical (unpaired) electrons. The molecular formula is C18H24F3NO5. The van der Waals surface area contributed by atoms with Crippen LogP contribution in [0.3, 0.4) is 0 Å². The smallest absolute Gasteiger partial charge is 0.382 e. The summed E-state index contributed by atoms with van der Waals surface area (Å²) in [6.07, 6.45) is -2.29. The van der Waals surface area contributed by atoms with Crippen LogP contribution in [-0.4, -0.2) is 62.7 Å². The number of hydrogen-bond acceptors (Lipinski definition) is 6. The van der Waals surface area contributed by atoms with Gasteiger partial charge in [-0.3, -0.25) is 19.4 Å². The van der Waals surface area contributed by atoms with Crippen molar-refractivity contribution in [2.45, 2.75) is 38.8 Å². The van der Waals surface area contributed by atoms with Crippen LogP contribution in [0.25, 0.3) is 0 Å². The molecule has 0 heterocycles. The van der Waals surface area contributed by atoms with Crippen molar-refractivity contribution in [1.82, 2.24) is 0 Å². The molecule has 1 saturated carbocycles. The van der Waals surface area contributed by atoms with E-state index in [1.165, 1.54) is 13.2 Å². The van der Waals surface area contributed by atoms with Gasteiger partial charge in [-0.15, -0.1) is 0 Å². The number of rotatable bonds is 10. The number of halogens is 3. The largest absolute Gasteiger partial charge is 0.407 e. The zero-order chi connectivity index (χ0) is 20.4. The first-order valence-electron chi connectivity index (χ1n) is 8.68. The number of alkyl halides is 3. The van der Waals surface area contributed by atoms with E-state index in [0.717, 1.165) is 0 Å². The lowest BCUT2D eigenvalue weighted by Crippen LogP contribution is -2.38. The molecule has 1 aliphatic rings. The summed E-state index contributed by atoms with van der Waals surface area (Å²) in [5.41, 5.74) is -0.380. The number of carbonyl (C=O) groups excluding carboxylic acids is 3. The molecule has 0 aromatic carbocycles. The highest BCUT2D eigenvalue weighted by Gasteiger charge is 2.38. The Hall–Kier alpha value is -1.87. The zero-order valence-corrected chi connectivity index (χ0v) is 15.4. The molecule has 0 bridgehead atoms. The Kier molecular flexibility index (Phi) is 9.51. The normalized spacial score (nSPS) is 17.5. The van der Waals surface area contributed by atoms with Crippen molar-refractivity contribution in [3.05, 3.63) is 11.6 Å². The van der Waals surface area contributed by atoms with Crippen LogP contribution in [0.1, 0.15) is 32.6 Å². The standard InChI is InChI=1S/C18H24F3NO5/c1-3-5-12(17(25)16-14(23)6-4-7-15(16)24)13(10-27-9-8-26-2)22-11-18(19,20)21/h5,16H,3-4,6-11H2,1-2H3/b12-5+,22-13-. The number of Topliss-reactive ketones (excluding diaryl/α,β-unsaturated/α-hetero) is 3. The minimum Gasteiger partial charge on any atom is -0.382 e. The van der Waals surface area contributed by atoms with Gasteiger partial charge in [-0.25, -0.2) is 0 Å². The van der Waals surface area contributed by atoms with Gasteiger partial charge in [0.25, 0.3) is 0 Å². The molecule has 27 heavy (non-hydrogen) atoms. The van der Waals surface area contributed by atoms with Crippen molar-refractivity contribution >= 4 is 23.1 Å². The molecule has 1 aliphatic carbocycles. The predicted molar refractivity (Wildman–Crippen MR) is 91.8 cm³/mol. The van der Waals surface area contributed by atoms with Gasteiger partial charge in [-0.05, 0) is 12.8 Å². The third-order valence-corrected chi connectivity index (χ3v) is 3.86. The van der Waals surface area contributed by atoms with E-state index in [2.05, 4.69) is 4.99 Å². The quantitative estimate of drug-likeness (QED) is 0.247. The van der Waals surface area contributed by atoms with Crippen LogP contribution < -0.4 is 0 Å². The molecule has 6 nitrogen and oxygen atoms in total. The van der Waals surface area contributed by atoms with E-state index in [1.807, 2.05) is 0 Å². The third kappa shape index (κ3) is 7.72. The van der Waals surface area contributed by atoms with E-state index < -0.39 is 36.0 Å². The summed E-state index contributed by atoms with van der Waals surface area (Å²) >= 11 is 0. The van der Waals surface area contributed by atoms with Gasteiger partial charge in [0.1, 0.15) is 12.5 Å². The van der Waals surface area contributed by atoms with E-state index in [0.29, 0.717) is 12.8 Å². The van der Waals surface area contributed by atoms with Gasteiger partial charge in [-0.2, -0.15) is 13.2 Å². The number of carbonyl (C=O) groups is 3. The van der Waals surface area contributed by atoms with E-state index >= 15 is 0 Å². The molecule has 0 N–H and O–H groups in total. The summed E-state index contributed by atoms with van der Waals surface area (Å²) in [5, 5.41) is 0. The molecule has 0 aliphatic heterocycles. The second kappa shape index (κ2) is 11.1. The van der Waals surface area contributed by atoms with Gasteiger partial charge in [0.15, 0.2) is 17.3 Å². The number of ketones is 3. The summed E-state index contributed by atoms with van der Waals surface area (Å²) in [7, 11) is 1.44. The SMILES string of the molecule is CC/C=C(C(=O)C1C(=O)CCCC1=O)\C(COCCOC)=N/CC(F)(F)F. The summed E-state index contributed by atoms with van der Waals surface area (Å²) in [4.78, 5) is 40.4. The Bertz CT molecular complexity index is 595. The summed E-state index contributed by atoms with van der Waals surface area (Å²) in [5.74, 6) is -3.28. The van der Waals surface area contributed by atoms with Crippen molar-refractivity contribution in [2.75, 3.05) is 33.5 Å². The van der Waals surface area contributed by atoms with Gasteiger partial charge < -0.3 is 9.47 Å². The van der Waals surface area contributed by atoms with Crippen LogP contribution in [0, 0.1) is 5.92 Å². The fourth-order valence-electron chi connectivity index (χ4n) is 2.62. The molecule has 0 unspecified atom stereocenters. The number of aliphatic imine (C=N–C) groups is 1. The lowest BCUT2D eigenvalue weighted by atomic mass is 9.80. The Morgan fingerprint density at radius 2 is 1.85 bits per heavy atom. The summed E-state index contributed by atoms with van der Waals surface area (Å²) in [6.45, 7) is 0.150. The zero-order valence-electron chi connectivity index (χ0n) is 15.4. The lowest BCUT2D eigenvalue weighted by Gasteiger charge is -2.20. The molecule has 0 spiro atoms. The lowest BCUT2D eigenvalue weighted by molar-refractivity contribution is -0.140. The van der Waals surface area contributed by atoms with Crippen molar-refractivity contribution in [2.24, 2.45) is 10.9 Å². The van der Waals surface area contributed by atoms with Gasteiger partial charge in [-0.1, -0.05) is 13.0 Å². The minimum atomic E-state index is -4.56. The predicted octanol–water partition coefficient (Wildman–Crippen LogP) is 2.50. The first kappa shape index (κ1) is 23.2. The maximum Gasteiger partial charge on any atom is 0.407 e. The van der Waals surface area contributed by atoms with Gasteiger partial charge >= 0.3 is 6.18 Å². The Morgan fingerprint density at radius 3 is 2.37 bits per heavy atom. The average molecular weight is 391 g/mol. The van der Waals surface area contributed by atoms with Crippen LogP contribution in [0.15, 0.2) is 16.6 Å². The first-order valence-corrected chi connectivity index (χ1v) is 8.68. The highest BCUT2D eigenvalue weighted by molar-refractivity contribution is 6.33. The van der Waals surface area contributed by atoms with Crippen molar-refractivity contribution < 1.29 is 37.0 Å². The Balaban J connectivity index is 3.13. The van der Waals surface area contributed by atoms with Gasteiger partial charge in [0.05, 0.1) is 25.5 Å². The van der Waals surface area contributed by atoms with Crippen LogP contribution >= 0.6 is 0 Å². The van der Waals surface area contributed by atoms with E-state index in [4.69, 9.17) is 9.47 Å². The van der Waals surface area contributed by atoms with Crippen molar-refractivity contribution in [3.8, 4) is 0 Å². The topological polar surface area (TPSA) is 82.0 Å². The first-order chi connectivity index (χ1) is 12.7. The number of nitrogens with zero attached hydrogens (tertiary/aromatic N) is 1. The maximum absolute atomic E-state index is 12.8. The van der Waals surface area contributed by atoms with Gasteiger partial charge in [0, 0.05) is 25.5 Å². The number of ether oxygens (including phenoxy) is 2. The number of allylic oxidation sites excluding steroid dienone is 1. The third-order valence-electron chi connectivity index (χ3n) is 3.86. The number of hydrogen-bond donors (Lipinski definition) is 0. The van der Waals surface area contributed by atoms with E-state index in [1.54, 1.807) is 6.92 Å². The molecule has 152 valence electrons. The highest BCUT2D eigenvalue weighted by atomic mass is 19.4. The molecule has 9 heteroatoms. The van der Waals surface area contributed by atoms with E-state index in [-0.39, 0.29) is 43.9 Å². The van der Waals surface area contributed by atoms with E-state index in [9.17, 15) is 27.6 Å². The minimum absolute atomic E-state index is 0.0937. The van der Waals surface area contributed by atoms with Crippen molar-refractivity contribution in [1.29, 1.82) is 0 Å². The monoisotopic (exact) mass is 391 g/mol. The van der Waals surface area contributed by atoms with Crippen molar-refractivity contribution in [3.63, 3.8) is 0 Å². The van der Waals surface area contributed by atoms with Crippen LogP contribution in [-0.2, 0) is 23.9 Å². The molecular weight excluding hydrogens is 367 g/mol. The van der Waals surface area contributed by atoms with Crippen LogP contribution in [0.5, 0.6) is 0 Å². The van der Waals surface area contributed by atoms with Gasteiger partial charge in [0.2, 0.25) is 0 Å². The summed E-state index contributed by atoms with van der Waals surface area (Å²) in [6, 6.07) is 0. The molecule has 0 aromatic heterocycles. The molecule has 0 atom stereocenters.